The van der Waals surface area contributed by atoms with E-state index in [1.54, 1.807) is 18.3 Å². The Morgan fingerprint density at radius 3 is 2.71 bits per heavy atom. The van der Waals surface area contributed by atoms with E-state index in [4.69, 9.17) is 16.3 Å². The van der Waals surface area contributed by atoms with Crippen molar-refractivity contribution < 1.29 is 9.53 Å². The lowest BCUT2D eigenvalue weighted by Crippen LogP contribution is -2.38. The zero-order valence-electron chi connectivity index (χ0n) is 11.8. The Hall–Kier alpha value is -2.07. The molecule has 1 N–H and O–H groups in total. The molecule has 0 aliphatic rings. The van der Waals surface area contributed by atoms with Gasteiger partial charge in [-0.15, -0.1) is 11.6 Å². The third kappa shape index (κ3) is 4.20. The number of carbonyl (C=O) groups excluding carboxylic acids is 1. The minimum Gasteiger partial charge on any atom is -0.480 e. The van der Waals surface area contributed by atoms with Crippen molar-refractivity contribution in [3.05, 3.63) is 59.8 Å². The van der Waals surface area contributed by atoms with Crippen LogP contribution in [0.4, 0.5) is 0 Å². The van der Waals surface area contributed by atoms with Gasteiger partial charge in [0.15, 0.2) is 0 Å². The quantitative estimate of drug-likeness (QED) is 0.835. The number of pyridine rings is 1. The molecule has 1 heterocycles. The minimum absolute atomic E-state index is 0.147. The van der Waals surface area contributed by atoms with Crippen LogP contribution in [0, 0.1) is 0 Å². The van der Waals surface area contributed by atoms with Crippen molar-refractivity contribution in [3.63, 3.8) is 0 Å². The number of amides is 1. The molecule has 1 aromatic heterocycles. The summed E-state index contributed by atoms with van der Waals surface area (Å²) < 4.78 is 5.10. The Bertz CT molecular complexity index is 590. The minimum atomic E-state index is -0.235. The van der Waals surface area contributed by atoms with E-state index in [-0.39, 0.29) is 11.9 Å². The predicted molar refractivity (Wildman–Crippen MR) is 82.9 cm³/mol. The second-order valence-electron chi connectivity index (χ2n) is 4.57. The van der Waals surface area contributed by atoms with Crippen LogP contribution in [0.15, 0.2) is 48.7 Å². The van der Waals surface area contributed by atoms with Gasteiger partial charge in [-0.2, -0.15) is 0 Å². The van der Waals surface area contributed by atoms with Crippen LogP contribution in [-0.2, 0) is 6.42 Å². The molecule has 0 saturated carbocycles. The third-order valence-corrected chi connectivity index (χ3v) is 3.43. The molecule has 4 nitrogen and oxygen atoms in total. The second kappa shape index (κ2) is 7.64. The molecule has 0 bridgehead atoms. The summed E-state index contributed by atoms with van der Waals surface area (Å²) in [6, 6.07) is 13.1. The molecule has 0 fully saturated rings. The molecule has 110 valence electrons. The van der Waals surface area contributed by atoms with Gasteiger partial charge in [-0.3, -0.25) is 4.79 Å². The van der Waals surface area contributed by atoms with E-state index >= 15 is 0 Å². The lowest BCUT2D eigenvalue weighted by Gasteiger charge is -2.17. The monoisotopic (exact) mass is 304 g/mol. The molecule has 2 rings (SSSR count). The topological polar surface area (TPSA) is 51.2 Å². The fourth-order valence-corrected chi connectivity index (χ4v) is 2.22. The summed E-state index contributed by atoms with van der Waals surface area (Å²) in [6.45, 7) is 0. The highest BCUT2D eigenvalue weighted by atomic mass is 35.5. The molecule has 0 saturated heterocycles. The summed E-state index contributed by atoms with van der Waals surface area (Å²) >= 11 is 5.96. The van der Waals surface area contributed by atoms with Crippen molar-refractivity contribution in [1.82, 2.24) is 10.3 Å². The molecule has 2 aromatic rings. The van der Waals surface area contributed by atoms with Gasteiger partial charge in [-0.05, 0) is 24.1 Å². The highest BCUT2D eigenvalue weighted by Gasteiger charge is 2.17. The molecule has 1 amide bonds. The maximum atomic E-state index is 12.3. The first-order valence-corrected chi connectivity index (χ1v) is 7.17. The smallest absolute Gasteiger partial charge is 0.257 e. The van der Waals surface area contributed by atoms with Crippen LogP contribution in [0.1, 0.15) is 15.9 Å². The zero-order chi connectivity index (χ0) is 15.1. The van der Waals surface area contributed by atoms with E-state index < -0.39 is 0 Å². The number of rotatable bonds is 6. The van der Waals surface area contributed by atoms with Crippen molar-refractivity contribution in [2.24, 2.45) is 0 Å². The number of aromatic nitrogens is 1. The first kappa shape index (κ1) is 15.3. The fourth-order valence-electron chi connectivity index (χ4n) is 2.03. The van der Waals surface area contributed by atoms with Gasteiger partial charge in [0.25, 0.3) is 5.91 Å². The fraction of sp³-hybridized carbons (Fsp3) is 0.250. The highest BCUT2D eigenvalue weighted by molar-refractivity contribution is 6.18. The van der Waals surface area contributed by atoms with Gasteiger partial charge in [-0.25, -0.2) is 4.98 Å². The van der Waals surface area contributed by atoms with E-state index in [0.717, 1.165) is 5.56 Å². The molecule has 0 radical (unpaired) electrons. The van der Waals surface area contributed by atoms with Crippen LogP contribution >= 0.6 is 11.6 Å². The van der Waals surface area contributed by atoms with Crippen LogP contribution in [0.25, 0.3) is 0 Å². The zero-order valence-corrected chi connectivity index (χ0v) is 12.5. The van der Waals surface area contributed by atoms with Crippen molar-refractivity contribution in [2.75, 3.05) is 13.0 Å². The highest BCUT2D eigenvalue weighted by Crippen LogP contribution is 2.14. The SMILES string of the molecule is COc1ncccc1C(=O)NC(CCl)Cc1ccccc1. The Balaban J connectivity index is 2.06. The lowest BCUT2D eigenvalue weighted by molar-refractivity contribution is 0.0936. The van der Waals surface area contributed by atoms with Crippen LogP contribution in [0.5, 0.6) is 5.88 Å². The van der Waals surface area contributed by atoms with E-state index in [9.17, 15) is 4.79 Å². The molecule has 0 aliphatic heterocycles. The molecule has 0 spiro atoms. The van der Waals surface area contributed by atoms with Crippen molar-refractivity contribution in [3.8, 4) is 5.88 Å². The normalized spacial score (nSPS) is 11.7. The molecule has 1 atom stereocenters. The van der Waals surface area contributed by atoms with Crippen molar-refractivity contribution in [2.45, 2.75) is 12.5 Å². The number of carbonyl (C=O) groups is 1. The Morgan fingerprint density at radius 2 is 2.05 bits per heavy atom. The van der Waals surface area contributed by atoms with Gasteiger partial charge >= 0.3 is 0 Å². The van der Waals surface area contributed by atoms with Crippen LogP contribution < -0.4 is 10.1 Å². The van der Waals surface area contributed by atoms with Gasteiger partial charge < -0.3 is 10.1 Å². The van der Waals surface area contributed by atoms with Crippen LogP contribution in [-0.4, -0.2) is 29.9 Å². The average molecular weight is 305 g/mol. The molecule has 5 heteroatoms. The summed E-state index contributed by atoms with van der Waals surface area (Å²) in [5.41, 5.74) is 1.53. The molecule has 0 aliphatic carbocycles. The molecule has 1 unspecified atom stereocenters. The summed E-state index contributed by atoms with van der Waals surface area (Å²) in [6.07, 6.45) is 2.26. The summed E-state index contributed by atoms with van der Waals surface area (Å²) in [4.78, 5) is 16.3. The van der Waals surface area contributed by atoms with Gasteiger partial charge in [0.05, 0.1) is 7.11 Å². The number of nitrogens with one attached hydrogen (secondary N) is 1. The number of nitrogens with zero attached hydrogens (tertiary/aromatic N) is 1. The van der Waals surface area contributed by atoms with E-state index in [2.05, 4.69) is 10.3 Å². The average Bonchev–Trinajstić information content (AvgIpc) is 2.55. The first-order chi connectivity index (χ1) is 10.2. The number of benzene rings is 1. The van der Waals surface area contributed by atoms with Gasteiger partial charge in [0, 0.05) is 18.1 Å². The van der Waals surface area contributed by atoms with Crippen molar-refractivity contribution in [1.29, 1.82) is 0 Å². The maximum Gasteiger partial charge on any atom is 0.257 e. The second-order valence-corrected chi connectivity index (χ2v) is 4.88. The number of halogens is 1. The van der Waals surface area contributed by atoms with E-state index in [1.165, 1.54) is 7.11 Å². The van der Waals surface area contributed by atoms with Crippen LogP contribution in [0.2, 0.25) is 0 Å². The van der Waals surface area contributed by atoms with Gasteiger partial charge in [-0.1, -0.05) is 30.3 Å². The molecular formula is C16H17ClN2O2. The van der Waals surface area contributed by atoms with Crippen LogP contribution in [0.3, 0.4) is 0 Å². The van der Waals surface area contributed by atoms with Gasteiger partial charge in [0.1, 0.15) is 5.56 Å². The predicted octanol–water partition coefficient (Wildman–Crippen LogP) is 2.67. The summed E-state index contributed by atoms with van der Waals surface area (Å²) in [5, 5.41) is 2.92. The van der Waals surface area contributed by atoms with E-state index in [1.807, 2.05) is 30.3 Å². The number of hydrogen-bond acceptors (Lipinski definition) is 3. The lowest BCUT2D eigenvalue weighted by atomic mass is 10.1. The first-order valence-electron chi connectivity index (χ1n) is 6.64. The Kier molecular flexibility index (Phi) is 5.58. The number of alkyl halides is 1. The standard InChI is InChI=1S/C16H17ClN2O2/c1-21-16-14(8-5-9-18-16)15(20)19-13(11-17)10-12-6-3-2-4-7-12/h2-9,13H,10-11H2,1H3,(H,19,20). The largest absolute Gasteiger partial charge is 0.480 e. The number of methoxy groups -OCH3 is 1. The summed E-state index contributed by atoms with van der Waals surface area (Å²) in [5.74, 6) is 0.410. The van der Waals surface area contributed by atoms with Crippen molar-refractivity contribution >= 4 is 17.5 Å². The van der Waals surface area contributed by atoms with Gasteiger partial charge in [0.2, 0.25) is 5.88 Å². The molecule has 21 heavy (non-hydrogen) atoms. The van der Waals surface area contributed by atoms with E-state index in [0.29, 0.717) is 23.7 Å². The maximum absolute atomic E-state index is 12.3. The molecular weight excluding hydrogens is 288 g/mol. The Morgan fingerprint density at radius 1 is 1.29 bits per heavy atom. The number of hydrogen-bond donors (Lipinski definition) is 1. The summed E-state index contributed by atoms with van der Waals surface area (Å²) in [7, 11) is 1.49. The molecule has 1 aromatic carbocycles. The number of ether oxygens (including phenoxy) is 1. The third-order valence-electron chi connectivity index (χ3n) is 3.06. The Labute approximate surface area is 129 Å².